The Kier molecular flexibility index (Phi) is 4.82. The van der Waals surface area contributed by atoms with Gasteiger partial charge in [0.2, 0.25) is 0 Å². The highest BCUT2D eigenvalue weighted by molar-refractivity contribution is 6.30. The van der Waals surface area contributed by atoms with Crippen LogP contribution in [0, 0.1) is 5.82 Å². The summed E-state index contributed by atoms with van der Waals surface area (Å²) in [6.45, 7) is 0. The number of benzene rings is 1. The van der Waals surface area contributed by atoms with Crippen LogP contribution >= 0.6 is 0 Å². The van der Waals surface area contributed by atoms with Gasteiger partial charge in [-0.1, -0.05) is 6.07 Å². The van der Waals surface area contributed by atoms with Crippen molar-refractivity contribution in [3.63, 3.8) is 0 Å². The summed E-state index contributed by atoms with van der Waals surface area (Å²) in [5.74, 6) is -1.94. The van der Waals surface area contributed by atoms with Crippen molar-refractivity contribution >= 4 is 7.32 Å². The van der Waals surface area contributed by atoms with Crippen LogP contribution in [0.25, 0.3) is 0 Å². The van der Waals surface area contributed by atoms with E-state index in [0.717, 1.165) is 6.07 Å². The monoisotopic (exact) mass is 190 g/mol. The predicted molar refractivity (Wildman–Crippen MR) is 42.1 cm³/mol. The molecule has 0 heterocycles. The van der Waals surface area contributed by atoms with Crippen molar-refractivity contribution in [2.75, 3.05) is 0 Å². The minimum atomic E-state index is -2.17. The van der Waals surface area contributed by atoms with Crippen molar-refractivity contribution in [1.29, 1.82) is 0 Å². The maximum Gasteiger partial charge on any atom is 0.631 e. The number of halogens is 1. The summed E-state index contributed by atoms with van der Waals surface area (Å²) in [7, 11) is -2.17. The van der Waals surface area contributed by atoms with Crippen molar-refractivity contribution in [2.45, 2.75) is 0 Å². The van der Waals surface area contributed by atoms with Gasteiger partial charge in [-0.25, -0.2) is 4.39 Å². The van der Waals surface area contributed by atoms with Crippen molar-refractivity contribution in [3.8, 4) is 11.5 Å². The molecule has 72 valence electrons. The molecule has 0 unspecified atom stereocenters. The molecule has 7 heteroatoms. The Morgan fingerprint density at radius 1 is 1.08 bits per heavy atom. The minimum absolute atomic E-state index is 0.435. The molecule has 0 amide bonds. The van der Waals surface area contributed by atoms with Gasteiger partial charge in [-0.15, -0.1) is 0 Å². The van der Waals surface area contributed by atoms with Crippen molar-refractivity contribution in [1.82, 2.24) is 0 Å². The van der Waals surface area contributed by atoms with E-state index in [2.05, 4.69) is 0 Å². The molecular weight excluding hydrogens is 182 g/mol. The van der Waals surface area contributed by atoms with Gasteiger partial charge in [0.05, 0.1) is 0 Å². The standard InChI is InChI=1S/C6H5FO2.BH3O3/c7-4-2-1-3-5(8)6(4)9;2-1(3)4/h1-3,8-9H;2-4H. The Bertz CT molecular complexity index is 244. The Balaban J connectivity index is 0.000000310. The first kappa shape index (κ1) is 11.7. The molecule has 0 fully saturated rings. The maximum atomic E-state index is 12.2. The van der Waals surface area contributed by atoms with Crippen LogP contribution in [0.1, 0.15) is 0 Å². The molecule has 5 nitrogen and oxygen atoms in total. The highest BCUT2D eigenvalue weighted by Crippen LogP contribution is 2.25. The molecule has 5 N–H and O–H groups in total. The number of para-hydroxylation sites is 1. The first-order valence-corrected chi connectivity index (χ1v) is 3.15. The van der Waals surface area contributed by atoms with Gasteiger partial charge in [-0.05, 0) is 12.1 Å². The smallest absolute Gasteiger partial charge is 0.504 e. The fourth-order valence-electron chi connectivity index (χ4n) is 0.504. The highest BCUT2D eigenvalue weighted by Gasteiger charge is 2.02. The van der Waals surface area contributed by atoms with Crippen LogP contribution in [-0.2, 0) is 0 Å². The van der Waals surface area contributed by atoms with Gasteiger partial charge in [0.25, 0.3) is 0 Å². The van der Waals surface area contributed by atoms with Crippen molar-refractivity contribution in [3.05, 3.63) is 24.0 Å². The van der Waals surface area contributed by atoms with E-state index in [9.17, 15) is 4.39 Å². The zero-order valence-corrected chi connectivity index (χ0v) is 6.42. The highest BCUT2D eigenvalue weighted by atomic mass is 19.1. The molecule has 0 saturated carbocycles. The molecule has 1 rings (SSSR count). The van der Waals surface area contributed by atoms with Gasteiger partial charge in [0.15, 0.2) is 17.3 Å². The zero-order chi connectivity index (χ0) is 10.4. The summed E-state index contributed by atoms with van der Waals surface area (Å²) < 4.78 is 12.2. The van der Waals surface area contributed by atoms with Crippen LogP contribution in [0.2, 0.25) is 0 Å². The van der Waals surface area contributed by atoms with E-state index in [4.69, 9.17) is 25.3 Å². The van der Waals surface area contributed by atoms with Crippen molar-refractivity contribution in [2.24, 2.45) is 0 Å². The Labute approximate surface area is 73.5 Å². The third kappa shape index (κ3) is 5.02. The molecule has 0 atom stereocenters. The Morgan fingerprint density at radius 3 is 1.85 bits per heavy atom. The number of aromatic hydroxyl groups is 2. The lowest BCUT2D eigenvalue weighted by Gasteiger charge is -1.94. The number of phenols is 2. The average Bonchev–Trinajstić information content (AvgIpc) is 1.99. The molecule has 0 aliphatic rings. The van der Waals surface area contributed by atoms with E-state index in [1.54, 1.807) is 0 Å². The van der Waals surface area contributed by atoms with Gasteiger partial charge >= 0.3 is 7.32 Å². The maximum absolute atomic E-state index is 12.2. The second-order valence-corrected chi connectivity index (χ2v) is 1.95. The fraction of sp³-hybridized carbons (Fsp3) is 0. The van der Waals surface area contributed by atoms with Crippen LogP contribution in [0.3, 0.4) is 0 Å². The normalized spacial score (nSPS) is 8.62. The largest absolute Gasteiger partial charge is 0.631 e. The number of hydrogen-bond acceptors (Lipinski definition) is 5. The van der Waals surface area contributed by atoms with Gasteiger partial charge in [-0.3, -0.25) is 0 Å². The van der Waals surface area contributed by atoms with E-state index >= 15 is 0 Å². The SMILES string of the molecule is OB(O)O.Oc1cccc(F)c1O. The van der Waals surface area contributed by atoms with Crippen molar-refractivity contribution < 1.29 is 29.7 Å². The summed E-state index contributed by atoms with van der Waals surface area (Å²) in [5, 5.41) is 38.7. The van der Waals surface area contributed by atoms with E-state index in [0.29, 0.717) is 0 Å². The fourth-order valence-corrected chi connectivity index (χ4v) is 0.504. The number of hydrogen-bond donors (Lipinski definition) is 5. The molecular formula is C6H8BFO5. The molecule has 0 aliphatic carbocycles. The summed E-state index contributed by atoms with van der Waals surface area (Å²) in [6, 6.07) is 3.58. The van der Waals surface area contributed by atoms with Crippen LogP contribution in [-0.4, -0.2) is 32.6 Å². The van der Waals surface area contributed by atoms with E-state index in [1.807, 2.05) is 0 Å². The molecule has 1 aromatic rings. The number of phenolic OH excluding ortho intramolecular Hbond substituents is 2. The molecule has 0 bridgehead atoms. The summed E-state index contributed by atoms with van der Waals surface area (Å²) in [4.78, 5) is 0. The van der Waals surface area contributed by atoms with Crippen LogP contribution in [0.5, 0.6) is 11.5 Å². The Hall–Kier alpha value is -1.31. The molecule has 13 heavy (non-hydrogen) atoms. The third-order valence-corrected chi connectivity index (χ3v) is 0.965. The first-order chi connectivity index (χ1) is 5.95. The van der Waals surface area contributed by atoms with Crippen LogP contribution in [0.4, 0.5) is 4.39 Å². The van der Waals surface area contributed by atoms with Gasteiger partial charge in [0, 0.05) is 0 Å². The van der Waals surface area contributed by atoms with Gasteiger partial charge in [-0.2, -0.15) is 0 Å². The quantitative estimate of drug-likeness (QED) is 0.272. The lowest BCUT2D eigenvalue weighted by Crippen LogP contribution is -2.07. The second-order valence-electron chi connectivity index (χ2n) is 1.95. The topological polar surface area (TPSA) is 101 Å². The molecule has 0 aromatic heterocycles. The third-order valence-electron chi connectivity index (χ3n) is 0.965. The Morgan fingerprint density at radius 2 is 1.54 bits per heavy atom. The van der Waals surface area contributed by atoms with Crippen LogP contribution < -0.4 is 0 Å². The molecule has 0 spiro atoms. The lowest BCUT2D eigenvalue weighted by molar-refractivity contribution is 0.278. The molecule has 0 radical (unpaired) electrons. The van der Waals surface area contributed by atoms with E-state index < -0.39 is 24.6 Å². The lowest BCUT2D eigenvalue weighted by atomic mass is 10.3. The van der Waals surface area contributed by atoms with Crippen LogP contribution in [0.15, 0.2) is 18.2 Å². The molecule has 0 saturated heterocycles. The predicted octanol–water partition coefficient (Wildman–Crippen LogP) is -0.815. The second kappa shape index (κ2) is 5.36. The molecule has 0 aliphatic heterocycles. The average molecular weight is 190 g/mol. The summed E-state index contributed by atoms with van der Waals surface area (Å²) in [5.41, 5.74) is 0. The number of rotatable bonds is 0. The zero-order valence-electron chi connectivity index (χ0n) is 6.42. The molecule has 1 aromatic carbocycles. The minimum Gasteiger partial charge on any atom is -0.504 e. The first-order valence-electron chi connectivity index (χ1n) is 3.15. The van der Waals surface area contributed by atoms with Gasteiger partial charge in [0.1, 0.15) is 0 Å². The summed E-state index contributed by atoms with van der Waals surface area (Å²) in [6.07, 6.45) is 0. The van der Waals surface area contributed by atoms with Gasteiger partial charge < -0.3 is 25.3 Å². The summed E-state index contributed by atoms with van der Waals surface area (Å²) >= 11 is 0. The van der Waals surface area contributed by atoms with E-state index in [-0.39, 0.29) is 0 Å². The van der Waals surface area contributed by atoms with E-state index in [1.165, 1.54) is 12.1 Å².